The number of anilines is 1. The summed E-state index contributed by atoms with van der Waals surface area (Å²) in [6.07, 6.45) is -3.13. The third-order valence-electron chi connectivity index (χ3n) is 4.32. The third kappa shape index (κ3) is 4.12. The van der Waals surface area contributed by atoms with Gasteiger partial charge >= 0.3 is 12.2 Å². The van der Waals surface area contributed by atoms with Crippen molar-refractivity contribution in [2.75, 3.05) is 11.9 Å². The molecule has 1 saturated heterocycles. The lowest BCUT2D eigenvalue weighted by atomic mass is 9.94. The van der Waals surface area contributed by atoms with Gasteiger partial charge in [0.15, 0.2) is 5.82 Å². The molecule has 0 unspecified atom stereocenters. The average molecular weight is 419 g/mol. The first-order chi connectivity index (χ1) is 14.1. The highest BCUT2D eigenvalue weighted by Gasteiger charge is 2.52. The molecule has 2 aromatic heterocycles. The first-order valence-corrected chi connectivity index (χ1v) is 9.02. The summed E-state index contributed by atoms with van der Waals surface area (Å²) in [4.78, 5) is 26.7. The largest absolute Gasteiger partial charge is 0.505 e. The molecule has 0 aromatic carbocycles. The second-order valence-corrected chi connectivity index (χ2v) is 7.67. The molecule has 2 aromatic rings. The number of hydrogen-bond acceptors (Lipinski definition) is 9. The van der Waals surface area contributed by atoms with Crippen LogP contribution < -0.4 is 5.32 Å². The molecule has 1 aliphatic heterocycles. The van der Waals surface area contributed by atoms with Crippen LogP contribution in [0, 0.1) is 11.3 Å². The number of nitrogens with zero attached hydrogens (tertiary/aromatic N) is 4. The average Bonchev–Trinajstić information content (AvgIpc) is 3.20. The molecule has 0 radical (unpaired) electrons. The molecule has 12 heteroatoms. The number of rotatable bonds is 4. The van der Waals surface area contributed by atoms with E-state index in [4.69, 9.17) is 14.6 Å². The molecule has 30 heavy (non-hydrogen) atoms. The third-order valence-corrected chi connectivity index (χ3v) is 4.32. The maximum atomic E-state index is 12.1. The Kier molecular flexibility index (Phi) is 5.51. The van der Waals surface area contributed by atoms with Crippen LogP contribution in [0.4, 0.5) is 15.4 Å². The Hall–Kier alpha value is -3.43. The fraction of sp³-hybridized carbons (Fsp3) is 0.500. The van der Waals surface area contributed by atoms with Crippen LogP contribution in [0.3, 0.4) is 0 Å². The van der Waals surface area contributed by atoms with Crippen LogP contribution in [0.5, 0.6) is 0 Å². The fourth-order valence-corrected chi connectivity index (χ4v) is 3.17. The van der Waals surface area contributed by atoms with Crippen molar-refractivity contribution in [3.8, 4) is 6.07 Å². The first-order valence-electron chi connectivity index (χ1n) is 9.02. The van der Waals surface area contributed by atoms with E-state index < -0.39 is 35.7 Å². The quantitative estimate of drug-likeness (QED) is 0.619. The normalized spacial score (nSPS) is 23.7. The van der Waals surface area contributed by atoms with Gasteiger partial charge in [-0.25, -0.2) is 19.1 Å². The summed E-state index contributed by atoms with van der Waals surface area (Å²) in [5.74, 6) is 0.136. The minimum Gasteiger partial charge on any atom is -0.450 e. The summed E-state index contributed by atoms with van der Waals surface area (Å²) in [5, 5.41) is 35.6. The van der Waals surface area contributed by atoms with E-state index in [1.165, 1.54) is 16.9 Å². The molecule has 3 heterocycles. The van der Waals surface area contributed by atoms with Crippen molar-refractivity contribution in [3.63, 3.8) is 0 Å². The van der Waals surface area contributed by atoms with E-state index in [1.54, 1.807) is 26.8 Å². The number of carboxylic acid groups (broad SMARTS) is 1. The summed E-state index contributed by atoms with van der Waals surface area (Å²) in [7, 11) is 0. The molecule has 12 nitrogen and oxygen atoms in total. The number of nitrogens with one attached hydrogen (secondary N) is 1. The molecule has 1 fully saturated rings. The van der Waals surface area contributed by atoms with Gasteiger partial charge in [-0.15, -0.1) is 0 Å². The molecular formula is C18H21N5O7. The second kappa shape index (κ2) is 7.77. The van der Waals surface area contributed by atoms with Crippen LogP contribution in [0.25, 0.3) is 5.52 Å². The Morgan fingerprint density at radius 3 is 2.83 bits per heavy atom. The van der Waals surface area contributed by atoms with Gasteiger partial charge in [0.05, 0.1) is 11.8 Å². The number of carbonyl (C=O) groups excluding carboxylic acids is 1. The van der Waals surface area contributed by atoms with Gasteiger partial charge in [-0.1, -0.05) is 0 Å². The Morgan fingerprint density at radius 2 is 2.20 bits per heavy atom. The van der Waals surface area contributed by atoms with Gasteiger partial charge in [0, 0.05) is 6.42 Å². The van der Waals surface area contributed by atoms with Crippen molar-refractivity contribution in [3.05, 3.63) is 24.2 Å². The van der Waals surface area contributed by atoms with Gasteiger partial charge in [-0.3, -0.25) is 5.32 Å². The van der Waals surface area contributed by atoms with Crippen molar-refractivity contribution < 1.29 is 34.0 Å². The van der Waals surface area contributed by atoms with Crippen LogP contribution in [-0.2, 0) is 19.8 Å². The van der Waals surface area contributed by atoms with Gasteiger partial charge in [0.2, 0.25) is 5.60 Å². The Morgan fingerprint density at radius 1 is 1.47 bits per heavy atom. The minimum absolute atomic E-state index is 0.0117. The number of nitriles is 1. The van der Waals surface area contributed by atoms with E-state index in [0.29, 0.717) is 5.52 Å². The van der Waals surface area contributed by atoms with E-state index in [9.17, 15) is 20.0 Å². The summed E-state index contributed by atoms with van der Waals surface area (Å²) in [6.45, 7) is 4.83. The van der Waals surface area contributed by atoms with E-state index in [0.717, 1.165) is 0 Å². The standard InChI is InChI=1S/C18H21N5O7/c1-17(2,3)30-15(25)22-14-11-4-5-12(23(11)21-9-20-14)18(8-19)13(24)6-10(29-18)7-28-16(26)27/h4-5,9-10,13,24H,6-7H2,1-3H3,(H,26,27)(H,20,21,22,25)/t10-,13+,18-/m0/s1. The van der Waals surface area contributed by atoms with Crippen molar-refractivity contribution in [2.45, 2.75) is 50.6 Å². The molecular weight excluding hydrogens is 398 g/mol. The number of aliphatic hydroxyl groups is 1. The van der Waals surface area contributed by atoms with Crippen LogP contribution in [0.2, 0.25) is 0 Å². The van der Waals surface area contributed by atoms with Crippen LogP contribution in [0.15, 0.2) is 18.5 Å². The molecule has 1 aliphatic rings. The fourth-order valence-electron chi connectivity index (χ4n) is 3.17. The molecule has 160 valence electrons. The van der Waals surface area contributed by atoms with Crippen molar-refractivity contribution in [2.24, 2.45) is 0 Å². The number of aliphatic hydroxyl groups excluding tert-OH is 1. The molecule has 3 N–H and O–H groups in total. The number of hydrogen-bond donors (Lipinski definition) is 3. The summed E-state index contributed by atoms with van der Waals surface area (Å²) in [6, 6.07) is 5.03. The van der Waals surface area contributed by atoms with Gasteiger partial charge in [0.25, 0.3) is 0 Å². The van der Waals surface area contributed by atoms with Crippen molar-refractivity contribution in [1.29, 1.82) is 5.26 Å². The number of amides is 1. The van der Waals surface area contributed by atoms with Gasteiger partial charge < -0.3 is 24.4 Å². The number of carbonyl (C=O) groups is 2. The van der Waals surface area contributed by atoms with E-state index >= 15 is 0 Å². The zero-order valence-corrected chi connectivity index (χ0v) is 16.5. The Bertz CT molecular complexity index is 1010. The smallest absolute Gasteiger partial charge is 0.450 e. The first kappa shape index (κ1) is 21.3. The maximum Gasteiger partial charge on any atom is 0.505 e. The summed E-state index contributed by atoms with van der Waals surface area (Å²) < 4.78 is 16.7. The SMILES string of the molecule is CC(C)(C)OC(=O)Nc1ncnn2c([C@]3(C#N)O[C@H](COC(=O)O)C[C@H]3O)ccc12. The molecule has 0 spiro atoms. The van der Waals surface area contributed by atoms with Gasteiger partial charge in [-0.2, -0.15) is 10.4 Å². The molecule has 0 aliphatic carbocycles. The van der Waals surface area contributed by atoms with Gasteiger partial charge in [0.1, 0.15) is 36.2 Å². The molecule has 0 saturated carbocycles. The Labute approximate surface area is 171 Å². The van der Waals surface area contributed by atoms with Crippen molar-refractivity contribution in [1.82, 2.24) is 14.6 Å². The number of fused-ring (bicyclic) bond motifs is 1. The predicted octanol–water partition coefficient (Wildman–Crippen LogP) is 1.64. The van der Waals surface area contributed by atoms with E-state index in [-0.39, 0.29) is 24.5 Å². The zero-order chi connectivity index (χ0) is 22.1. The molecule has 3 rings (SSSR count). The number of ether oxygens (including phenoxy) is 3. The highest BCUT2D eigenvalue weighted by atomic mass is 16.7. The zero-order valence-electron chi connectivity index (χ0n) is 16.5. The summed E-state index contributed by atoms with van der Waals surface area (Å²) >= 11 is 0. The minimum atomic E-state index is -1.81. The number of aromatic nitrogens is 3. The topological polar surface area (TPSA) is 168 Å². The van der Waals surface area contributed by atoms with Crippen LogP contribution >= 0.6 is 0 Å². The van der Waals surface area contributed by atoms with Crippen molar-refractivity contribution >= 4 is 23.6 Å². The summed E-state index contributed by atoms with van der Waals surface area (Å²) in [5.41, 5.74) is -1.98. The monoisotopic (exact) mass is 419 g/mol. The van der Waals surface area contributed by atoms with E-state index in [1.807, 2.05) is 6.07 Å². The lowest BCUT2D eigenvalue weighted by Crippen LogP contribution is -2.36. The maximum absolute atomic E-state index is 12.1. The van der Waals surface area contributed by atoms with E-state index in [2.05, 4.69) is 20.1 Å². The predicted molar refractivity (Wildman–Crippen MR) is 99.6 cm³/mol. The Balaban J connectivity index is 1.92. The molecule has 3 atom stereocenters. The molecule has 1 amide bonds. The second-order valence-electron chi connectivity index (χ2n) is 7.67. The highest BCUT2D eigenvalue weighted by Crippen LogP contribution is 2.40. The van der Waals surface area contributed by atoms with Gasteiger partial charge in [-0.05, 0) is 32.9 Å². The highest BCUT2D eigenvalue weighted by molar-refractivity contribution is 5.89. The van der Waals surface area contributed by atoms with Crippen LogP contribution in [0.1, 0.15) is 32.9 Å². The molecule has 0 bridgehead atoms. The lowest BCUT2D eigenvalue weighted by Gasteiger charge is -2.24. The lowest BCUT2D eigenvalue weighted by molar-refractivity contribution is -0.0675. The van der Waals surface area contributed by atoms with Crippen LogP contribution in [-0.4, -0.2) is 61.5 Å².